The molecule has 0 aromatic heterocycles. The largest absolute Gasteiger partial charge is 0.207 e. The van der Waals surface area contributed by atoms with Crippen LogP contribution in [0.1, 0.15) is 30.7 Å². The summed E-state index contributed by atoms with van der Waals surface area (Å²) in [4.78, 5) is 0. The van der Waals surface area contributed by atoms with Crippen molar-refractivity contribution in [2.75, 3.05) is 0 Å². The maximum atomic E-state index is 13.1. The summed E-state index contributed by atoms with van der Waals surface area (Å²) in [5.74, 6) is -0.385. The van der Waals surface area contributed by atoms with Gasteiger partial charge in [0.05, 0.1) is 0 Å². The summed E-state index contributed by atoms with van der Waals surface area (Å²) in [7, 11) is 0. The second kappa shape index (κ2) is 4.52. The molecular formula is C16H14F2. The molecule has 0 heterocycles. The summed E-state index contributed by atoms with van der Waals surface area (Å²) in [6.07, 6.45) is 3.82. The molecule has 92 valence electrons. The van der Waals surface area contributed by atoms with E-state index in [4.69, 9.17) is 0 Å². The fourth-order valence-electron chi connectivity index (χ4n) is 2.41. The van der Waals surface area contributed by atoms with E-state index >= 15 is 0 Å². The second-order valence-electron chi connectivity index (χ2n) is 4.91. The smallest absolute Gasteiger partial charge is 0.126 e. The normalized spacial score (nSPS) is 15.4. The van der Waals surface area contributed by atoms with E-state index in [2.05, 4.69) is 12.1 Å². The summed E-state index contributed by atoms with van der Waals surface area (Å²) < 4.78 is 26.3. The predicted molar refractivity (Wildman–Crippen MR) is 68.4 cm³/mol. The minimum Gasteiger partial charge on any atom is -0.207 e. The SMILES string of the molecule is Fc1cc(F)cc(-c2ccc(C3CCC3)cc2)c1. The van der Waals surface area contributed by atoms with Crippen molar-refractivity contribution in [3.8, 4) is 11.1 Å². The van der Waals surface area contributed by atoms with Gasteiger partial charge in [0.1, 0.15) is 11.6 Å². The van der Waals surface area contributed by atoms with Gasteiger partial charge in [-0.25, -0.2) is 8.78 Å². The van der Waals surface area contributed by atoms with E-state index in [1.807, 2.05) is 12.1 Å². The van der Waals surface area contributed by atoms with Gasteiger partial charge < -0.3 is 0 Å². The first-order chi connectivity index (χ1) is 8.72. The molecule has 1 saturated carbocycles. The second-order valence-corrected chi connectivity index (χ2v) is 4.91. The maximum Gasteiger partial charge on any atom is 0.126 e. The average molecular weight is 244 g/mol. The summed E-state index contributed by atoms with van der Waals surface area (Å²) in [6.45, 7) is 0. The molecule has 0 bridgehead atoms. The van der Waals surface area contributed by atoms with Crippen LogP contribution >= 0.6 is 0 Å². The third kappa shape index (κ3) is 2.15. The van der Waals surface area contributed by atoms with E-state index in [0.29, 0.717) is 11.5 Å². The van der Waals surface area contributed by atoms with Crippen LogP contribution in [0, 0.1) is 11.6 Å². The number of hydrogen-bond donors (Lipinski definition) is 0. The quantitative estimate of drug-likeness (QED) is 0.704. The van der Waals surface area contributed by atoms with Gasteiger partial charge >= 0.3 is 0 Å². The number of halogens is 2. The Morgan fingerprint density at radius 1 is 0.778 bits per heavy atom. The summed E-state index contributed by atoms with van der Waals surface area (Å²) in [6, 6.07) is 11.7. The van der Waals surface area contributed by atoms with Gasteiger partial charge in [0, 0.05) is 6.07 Å². The molecule has 1 aliphatic carbocycles. The molecule has 0 saturated heterocycles. The molecule has 0 unspecified atom stereocenters. The number of benzene rings is 2. The molecule has 0 aliphatic heterocycles. The highest BCUT2D eigenvalue weighted by Crippen LogP contribution is 2.36. The molecule has 0 spiro atoms. The van der Waals surface area contributed by atoms with Gasteiger partial charge in [0.15, 0.2) is 0 Å². The van der Waals surface area contributed by atoms with Crippen LogP contribution in [0.4, 0.5) is 8.78 Å². The Morgan fingerprint density at radius 2 is 1.39 bits per heavy atom. The van der Waals surface area contributed by atoms with Crippen LogP contribution in [0.15, 0.2) is 42.5 Å². The van der Waals surface area contributed by atoms with Crippen molar-refractivity contribution in [2.24, 2.45) is 0 Å². The molecule has 1 aliphatic rings. The lowest BCUT2D eigenvalue weighted by atomic mass is 9.80. The molecule has 0 N–H and O–H groups in total. The molecule has 1 fully saturated rings. The highest BCUT2D eigenvalue weighted by molar-refractivity contribution is 5.63. The van der Waals surface area contributed by atoms with Crippen LogP contribution in [-0.2, 0) is 0 Å². The van der Waals surface area contributed by atoms with Gasteiger partial charge in [0.25, 0.3) is 0 Å². The molecule has 3 rings (SSSR count). The summed E-state index contributed by atoms with van der Waals surface area (Å²) >= 11 is 0. The van der Waals surface area contributed by atoms with E-state index in [0.717, 1.165) is 11.6 Å². The zero-order valence-corrected chi connectivity index (χ0v) is 10.00. The lowest BCUT2D eigenvalue weighted by Crippen LogP contribution is -2.08. The number of hydrogen-bond acceptors (Lipinski definition) is 0. The van der Waals surface area contributed by atoms with Crippen LogP contribution in [0.25, 0.3) is 11.1 Å². The first-order valence-electron chi connectivity index (χ1n) is 6.29. The van der Waals surface area contributed by atoms with Crippen LogP contribution in [0.2, 0.25) is 0 Å². The molecule has 0 atom stereocenters. The van der Waals surface area contributed by atoms with Crippen LogP contribution in [-0.4, -0.2) is 0 Å². The lowest BCUT2D eigenvalue weighted by Gasteiger charge is -2.25. The molecule has 18 heavy (non-hydrogen) atoms. The van der Waals surface area contributed by atoms with E-state index in [-0.39, 0.29) is 0 Å². The Labute approximate surface area is 105 Å². The Morgan fingerprint density at radius 3 is 1.89 bits per heavy atom. The zero-order chi connectivity index (χ0) is 12.5. The summed E-state index contributed by atoms with van der Waals surface area (Å²) in [5.41, 5.74) is 2.78. The van der Waals surface area contributed by atoms with Gasteiger partial charge in [-0.2, -0.15) is 0 Å². The van der Waals surface area contributed by atoms with Crippen molar-refractivity contribution < 1.29 is 8.78 Å². The highest BCUT2D eigenvalue weighted by atomic mass is 19.1. The van der Waals surface area contributed by atoms with Gasteiger partial charge in [-0.05, 0) is 47.6 Å². The zero-order valence-electron chi connectivity index (χ0n) is 10.00. The van der Waals surface area contributed by atoms with Crippen LogP contribution < -0.4 is 0 Å². The summed E-state index contributed by atoms with van der Waals surface area (Å²) in [5, 5.41) is 0. The van der Waals surface area contributed by atoms with Crippen LogP contribution in [0.3, 0.4) is 0 Å². The highest BCUT2D eigenvalue weighted by Gasteiger charge is 2.19. The van der Waals surface area contributed by atoms with Crippen molar-refractivity contribution >= 4 is 0 Å². The van der Waals surface area contributed by atoms with Crippen molar-refractivity contribution in [3.05, 3.63) is 59.7 Å². The first-order valence-corrected chi connectivity index (χ1v) is 6.29. The third-order valence-electron chi connectivity index (χ3n) is 3.68. The van der Waals surface area contributed by atoms with E-state index < -0.39 is 11.6 Å². The van der Waals surface area contributed by atoms with Gasteiger partial charge in [-0.3, -0.25) is 0 Å². The molecule has 0 amide bonds. The van der Waals surface area contributed by atoms with Crippen molar-refractivity contribution in [3.63, 3.8) is 0 Å². The molecule has 0 nitrogen and oxygen atoms in total. The third-order valence-corrected chi connectivity index (χ3v) is 3.68. The van der Waals surface area contributed by atoms with E-state index in [9.17, 15) is 8.78 Å². The monoisotopic (exact) mass is 244 g/mol. The molecule has 0 radical (unpaired) electrons. The van der Waals surface area contributed by atoms with E-state index in [1.165, 1.54) is 37.0 Å². The van der Waals surface area contributed by atoms with E-state index in [1.54, 1.807) is 0 Å². The standard InChI is InChI=1S/C16H14F2/c17-15-8-14(9-16(18)10-15)13-6-4-12(5-7-13)11-2-1-3-11/h4-11H,1-3H2. The molecule has 2 aromatic rings. The fraction of sp³-hybridized carbons (Fsp3) is 0.250. The van der Waals surface area contributed by atoms with Crippen molar-refractivity contribution in [1.29, 1.82) is 0 Å². The Bertz CT molecular complexity index is 534. The Kier molecular flexibility index (Phi) is 2.86. The van der Waals surface area contributed by atoms with Crippen molar-refractivity contribution in [2.45, 2.75) is 25.2 Å². The minimum absolute atomic E-state index is 0.534. The van der Waals surface area contributed by atoms with Gasteiger partial charge in [0.2, 0.25) is 0 Å². The predicted octanol–water partition coefficient (Wildman–Crippen LogP) is 4.90. The maximum absolute atomic E-state index is 13.1. The fourth-order valence-corrected chi connectivity index (χ4v) is 2.41. The topological polar surface area (TPSA) is 0 Å². The van der Waals surface area contributed by atoms with Crippen LogP contribution in [0.5, 0.6) is 0 Å². The van der Waals surface area contributed by atoms with Gasteiger partial charge in [-0.15, -0.1) is 0 Å². The van der Waals surface area contributed by atoms with Gasteiger partial charge in [-0.1, -0.05) is 30.7 Å². The number of rotatable bonds is 2. The molecule has 2 heteroatoms. The Hall–Kier alpha value is -1.70. The van der Waals surface area contributed by atoms with Crippen molar-refractivity contribution in [1.82, 2.24) is 0 Å². The minimum atomic E-state index is -0.534. The lowest BCUT2D eigenvalue weighted by molar-refractivity contribution is 0.420. The molecular weight excluding hydrogens is 230 g/mol. The Balaban J connectivity index is 1.91. The average Bonchev–Trinajstić information content (AvgIpc) is 2.26. The molecule has 2 aromatic carbocycles. The first kappa shape index (κ1) is 11.4.